The second-order valence-corrected chi connectivity index (χ2v) is 6.55. The van der Waals surface area contributed by atoms with E-state index in [-0.39, 0.29) is 11.8 Å². The van der Waals surface area contributed by atoms with Crippen LogP contribution in [-0.2, 0) is 11.2 Å². The topological polar surface area (TPSA) is 78.8 Å². The van der Waals surface area contributed by atoms with Crippen molar-refractivity contribution in [2.45, 2.75) is 6.42 Å². The van der Waals surface area contributed by atoms with Crippen molar-refractivity contribution in [2.24, 2.45) is 0 Å². The number of methoxy groups -OCH3 is 1. The second kappa shape index (κ2) is 7.19. The molecule has 7 nitrogen and oxygen atoms in total. The van der Waals surface area contributed by atoms with E-state index in [2.05, 4.69) is 4.98 Å². The van der Waals surface area contributed by atoms with Gasteiger partial charge in [-0.25, -0.2) is 0 Å². The number of benzene rings is 1. The van der Waals surface area contributed by atoms with Gasteiger partial charge in [0.1, 0.15) is 5.75 Å². The average Bonchev–Trinajstić information content (AvgIpc) is 3.37. The van der Waals surface area contributed by atoms with Gasteiger partial charge in [0.25, 0.3) is 5.91 Å². The number of rotatable bonds is 4. The van der Waals surface area contributed by atoms with E-state index in [1.54, 1.807) is 24.1 Å². The van der Waals surface area contributed by atoms with Crippen molar-refractivity contribution in [3.63, 3.8) is 0 Å². The van der Waals surface area contributed by atoms with Gasteiger partial charge >= 0.3 is 0 Å². The van der Waals surface area contributed by atoms with Crippen molar-refractivity contribution in [3.8, 4) is 5.75 Å². The van der Waals surface area contributed by atoms with Crippen LogP contribution in [-0.4, -0.2) is 59.9 Å². The maximum absolute atomic E-state index is 12.7. The number of carbonyl (C=O) groups is 2. The molecule has 1 saturated heterocycles. The maximum Gasteiger partial charge on any atom is 0.289 e. The first kappa shape index (κ1) is 17.2. The van der Waals surface area contributed by atoms with Gasteiger partial charge in [-0.3, -0.25) is 9.59 Å². The largest absolute Gasteiger partial charge is 0.497 e. The van der Waals surface area contributed by atoms with Crippen molar-refractivity contribution < 1.29 is 18.7 Å². The lowest BCUT2D eigenvalue weighted by Crippen LogP contribution is -2.50. The molecule has 1 aliphatic heterocycles. The summed E-state index contributed by atoms with van der Waals surface area (Å²) in [6.07, 6.45) is 3.68. The third-order valence-electron chi connectivity index (χ3n) is 4.97. The van der Waals surface area contributed by atoms with Crippen LogP contribution in [0, 0.1) is 0 Å². The van der Waals surface area contributed by atoms with Crippen LogP contribution in [0.25, 0.3) is 10.9 Å². The van der Waals surface area contributed by atoms with Crippen LogP contribution < -0.4 is 4.74 Å². The molecule has 0 bridgehead atoms. The zero-order valence-electron chi connectivity index (χ0n) is 15.1. The summed E-state index contributed by atoms with van der Waals surface area (Å²) >= 11 is 0. The summed E-state index contributed by atoms with van der Waals surface area (Å²) in [6, 6.07) is 9.13. The van der Waals surface area contributed by atoms with E-state index in [1.165, 1.54) is 6.26 Å². The van der Waals surface area contributed by atoms with Gasteiger partial charge in [0, 0.05) is 43.3 Å². The van der Waals surface area contributed by atoms with Gasteiger partial charge in [-0.1, -0.05) is 0 Å². The predicted molar refractivity (Wildman–Crippen MR) is 99.7 cm³/mol. The smallest absolute Gasteiger partial charge is 0.289 e. The van der Waals surface area contributed by atoms with E-state index in [4.69, 9.17) is 9.15 Å². The number of aromatic amines is 1. The summed E-state index contributed by atoms with van der Waals surface area (Å²) in [5, 5.41) is 0.995. The number of amides is 2. The third-order valence-corrected chi connectivity index (χ3v) is 4.97. The number of hydrogen-bond donors (Lipinski definition) is 1. The first-order chi connectivity index (χ1) is 13.2. The minimum atomic E-state index is -0.129. The molecule has 140 valence electrons. The summed E-state index contributed by atoms with van der Waals surface area (Å²) in [7, 11) is 1.63. The number of nitrogens with zero attached hydrogens (tertiary/aromatic N) is 2. The summed E-state index contributed by atoms with van der Waals surface area (Å²) in [5.74, 6) is 1.03. The zero-order chi connectivity index (χ0) is 18.8. The van der Waals surface area contributed by atoms with Gasteiger partial charge in [-0.15, -0.1) is 0 Å². The highest BCUT2D eigenvalue weighted by Gasteiger charge is 2.26. The number of fused-ring (bicyclic) bond motifs is 1. The van der Waals surface area contributed by atoms with Gasteiger partial charge in [0.2, 0.25) is 5.91 Å². The SMILES string of the molecule is COc1ccc2[nH]cc(CC(=O)N3CCN(C(=O)c4ccco4)CC3)c2c1. The summed E-state index contributed by atoms with van der Waals surface area (Å²) in [6.45, 7) is 2.06. The van der Waals surface area contributed by atoms with Crippen LogP contribution in [0.3, 0.4) is 0 Å². The Kier molecular flexibility index (Phi) is 4.58. The molecule has 2 aromatic heterocycles. The zero-order valence-corrected chi connectivity index (χ0v) is 15.1. The van der Waals surface area contributed by atoms with Crippen LogP contribution in [0.15, 0.2) is 47.2 Å². The number of furan rings is 1. The Bertz CT molecular complexity index is 953. The molecule has 2 amide bonds. The molecule has 1 aliphatic rings. The Hall–Kier alpha value is -3.22. The molecule has 7 heteroatoms. The van der Waals surface area contributed by atoms with E-state index >= 15 is 0 Å². The van der Waals surface area contributed by atoms with Gasteiger partial charge in [0.15, 0.2) is 5.76 Å². The number of ether oxygens (including phenoxy) is 1. The fourth-order valence-electron chi connectivity index (χ4n) is 3.42. The summed E-state index contributed by atoms with van der Waals surface area (Å²) in [4.78, 5) is 31.8. The molecule has 3 aromatic rings. The Balaban J connectivity index is 1.39. The van der Waals surface area contributed by atoms with E-state index < -0.39 is 0 Å². The first-order valence-electron chi connectivity index (χ1n) is 8.90. The number of nitrogens with one attached hydrogen (secondary N) is 1. The monoisotopic (exact) mass is 367 g/mol. The molecule has 1 N–H and O–H groups in total. The number of H-pyrrole nitrogens is 1. The molecule has 1 fully saturated rings. The van der Waals surface area contributed by atoms with E-state index in [0.29, 0.717) is 38.4 Å². The van der Waals surface area contributed by atoms with Gasteiger partial charge in [0.05, 0.1) is 19.8 Å². The van der Waals surface area contributed by atoms with Gasteiger partial charge < -0.3 is 23.9 Å². The molecule has 3 heterocycles. The number of hydrogen-bond acceptors (Lipinski definition) is 4. The second-order valence-electron chi connectivity index (χ2n) is 6.55. The fourth-order valence-corrected chi connectivity index (χ4v) is 3.42. The molecule has 0 aliphatic carbocycles. The molecule has 0 spiro atoms. The Morgan fingerprint density at radius 2 is 1.93 bits per heavy atom. The van der Waals surface area contributed by atoms with E-state index in [0.717, 1.165) is 22.2 Å². The van der Waals surface area contributed by atoms with Crippen LogP contribution in [0.1, 0.15) is 16.1 Å². The van der Waals surface area contributed by atoms with Crippen molar-refractivity contribution in [1.29, 1.82) is 0 Å². The summed E-state index contributed by atoms with van der Waals surface area (Å²) < 4.78 is 10.4. The molecule has 0 radical (unpaired) electrons. The van der Waals surface area contributed by atoms with Crippen molar-refractivity contribution in [2.75, 3.05) is 33.3 Å². The number of carbonyl (C=O) groups excluding carboxylic acids is 2. The van der Waals surface area contributed by atoms with Crippen molar-refractivity contribution in [3.05, 3.63) is 54.1 Å². The molecule has 27 heavy (non-hydrogen) atoms. The highest BCUT2D eigenvalue weighted by Crippen LogP contribution is 2.24. The van der Waals surface area contributed by atoms with Crippen LogP contribution >= 0.6 is 0 Å². The predicted octanol–water partition coefficient (Wildman–Crippen LogP) is 2.30. The van der Waals surface area contributed by atoms with Crippen LogP contribution in [0.2, 0.25) is 0 Å². The van der Waals surface area contributed by atoms with E-state index in [1.807, 2.05) is 29.3 Å². The molecule has 1 aromatic carbocycles. The van der Waals surface area contributed by atoms with Gasteiger partial charge in [-0.05, 0) is 35.9 Å². The third kappa shape index (κ3) is 3.40. The lowest BCUT2D eigenvalue weighted by atomic mass is 10.1. The standard InChI is InChI=1S/C20H21N3O4/c1-26-15-4-5-17-16(12-15)14(13-21-17)11-19(24)22-6-8-23(9-7-22)20(25)18-3-2-10-27-18/h2-5,10,12-13,21H,6-9,11H2,1H3. The molecule has 0 atom stereocenters. The van der Waals surface area contributed by atoms with E-state index in [9.17, 15) is 9.59 Å². The summed E-state index contributed by atoms with van der Waals surface area (Å²) in [5.41, 5.74) is 1.93. The highest BCUT2D eigenvalue weighted by molar-refractivity contribution is 5.92. The molecule has 4 rings (SSSR count). The lowest BCUT2D eigenvalue weighted by molar-refractivity contribution is -0.131. The Morgan fingerprint density at radius 3 is 2.63 bits per heavy atom. The Morgan fingerprint density at radius 1 is 1.15 bits per heavy atom. The normalized spacial score (nSPS) is 14.6. The quantitative estimate of drug-likeness (QED) is 0.767. The molecule has 0 unspecified atom stereocenters. The Labute approximate surface area is 156 Å². The van der Waals surface area contributed by atoms with Crippen LogP contribution in [0.5, 0.6) is 5.75 Å². The first-order valence-corrected chi connectivity index (χ1v) is 8.90. The molecule has 0 saturated carbocycles. The lowest BCUT2D eigenvalue weighted by Gasteiger charge is -2.34. The maximum atomic E-state index is 12.7. The minimum Gasteiger partial charge on any atom is -0.497 e. The number of aromatic nitrogens is 1. The van der Waals surface area contributed by atoms with Crippen LogP contribution in [0.4, 0.5) is 0 Å². The number of piperazine rings is 1. The van der Waals surface area contributed by atoms with Crippen molar-refractivity contribution >= 4 is 22.7 Å². The minimum absolute atomic E-state index is 0.0591. The highest BCUT2D eigenvalue weighted by atomic mass is 16.5. The molecular formula is C20H21N3O4. The molecular weight excluding hydrogens is 346 g/mol. The average molecular weight is 367 g/mol. The van der Waals surface area contributed by atoms with Crippen molar-refractivity contribution in [1.82, 2.24) is 14.8 Å². The fraction of sp³-hybridized carbons (Fsp3) is 0.300. The van der Waals surface area contributed by atoms with Gasteiger partial charge in [-0.2, -0.15) is 0 Å².